The molecule has 0 saturated heterocycles. The Hall–Kier alpha value is 0.723. The van der Waals surface area contributed by atoms with E-state index in [1.807, 2.05) is 37.5 Å². The molecule has 0 fully saturated rings. The summed E-state index contributed by atoms with van der Waals surface area (Å²) in [5.41, 5.74) is 0. The Morgan fingerprint density at radius 3 is 0.850 bits per heavy atom. The number of hydrogen-bond donors (Lipinski definition) is 0. The second-order valence-electron chi connectivity index (χ2n) is 2.88. The Morgan fingerprint density at radius 2 is 0.850 bits per heavy atom. The van der Waals surface area contributed by atoms with Gasteiger partial charge in [0, 0.05) is 26.2 Å². The summed E-state index contributed by atoms with van der Waals surface area (Å²) in [6.07, 6.45) is 0. The smallest absolute Gasteiger partial charge is 0.412 e. The van der Waals surface area contributed by atoms with Gasteiger partial charge in [0.15, 0.2) is 0 Å². The van der Waals surface area contributed by atoms with Crippen molar-refractivity contribution in [2.75, 3.05) is 26.2 Å². The first-order valence-corrected chi connectivity index (χ1v) is 6.99. The van der Waals surface area contributed by atoms with Crippen LogP contribution in [0.5, 0.6) is 0 Å². The van der Waals surface area contributed by atoms with E-state index in [1.54, 1.807) is 0 Å². The van der Waals surface area contributed by atoms with E-state index in [-0.39, 0.29) is 35.9 Å². The molecule has 0 aromatic heterocycles. The maximum absolute atomic E-state index is 4.76. The van der Waals surface area contributed by atoms with Crippen LogP contribution in [0.3, 0.4) is 0 Å². The summed E-state index contributed by atoms with van der Waals surface area (Å²) < 4.78 is 1.16. The second kappa shape index (κ2) is 24.7. The molecular formula is C10H26N2O3S4Zn. The van der Waals surface area contributed by atoms with Crippen LogP contribution in [-0.4, -0.2) is 61.0 Å². The van der Waals surface area contributed by atoms with Gasteiger partial charge in [-0.1, -0.05) is 8.64 Å². The van der Waals surface area contributed by atoms with Crippen molar-refractivity contribution in [3.8, 4) is 0 Å². The molecule has 6 N–H and O–H groups in total. The average molecular weight is 416 g/mol. The van der Waals surface area contributed by atoms with Crippen molar-refractivity contribution < 1.29 is 35.9 Å². The summed E-state index contributed by atoms with van der Waals surface area (Å²) in [5.74, 6) is 0. The number of nitrogens with zero attached hydrogens (tertiary/aromatic N) is 2. The van der Waals surface area contributed by atoms with Crippen LogP contribution in [-0.2, 0) is 44.7 Å². The summed E-state index contributed by atoms with van der Waals surface area (Å²) in [6.45, 7) is 11.9. The van der Waals surface area contributed by atoms with Crippen LogP contribution in [0.4, 0.5) is 0 Å². The molecule has 0 aliphatic carbocycles. The van der Waals surface area contributed by atoms with Crippen molar-refractivity contribution in [3.05, 3.63) is 0 Å². The largest absolute Gasteiger partial charge is 2.00 e. The Morgan fingerprint density at radius 1 is 0.700 bits per heavy atom. The van der Waals surface area contributed by atoms with Gasteiger partial charge in [-0.2, -0.15) is 0 Å². The molecule has 0 aliphatic rings. The number of thiocarbonyl (C=S) groups is 2. The van der Waals surface area contributed by atoms with Gasteiger partial charge in [-0.05, 0) is 27.7 Å². The Balaban J connectivity index is -0.0000000408. The zero-order valence-electron chi connectivity index (χ0n) is 12.6. The molecule has 0 saturated carbocycles. The van der Waals surface area contributed by atoms with Crippen molar-refractivity contribution in [1.82, 2.24) is 9.80 Å². The van der Waals surface area contributed by atoms with E-state index in [9.17, 15) is 0 Å². The third kappa shape index (κ3) is 21.0. The molecule has 0 atom stereocenters. The van der Waals surface area contributed by atoms with E-state index < -0.39 is 0 Å². The minimum absolute atomic E-state index is 0. The van der Waals surface area contributed by atoms with Crippen molar-refractivity contribution in [2.45, 2.75) is 27.7 Å². The molecule has 0 unspecified atom stereocenters. The Bertz CT molecular complexity index is 197. The minimum Gasteiger partial charge on any atom is -0.412 e. The van der Waals surface area contributed by atoms with Crippen molar-refractivity contribution in [1.29, 1.82) is 0 Å². The molecule has 0 aromatic carbocycles. The van der Waals surface area contributed by atoms with Crippen molar-refractivity contribution in [2.24, 2.45) is 0 Å². The van der Waals surface area contributed by atoms with Crippen molar-refractivity contribution >= 4 is 58.3 Å². The van der Waals surface area contributed by atoms with Crippen LogP contribution in [0.15, 0.2) is 0 Å². The summed E-state index contributed by atoms with van der Waals surface area (Å²) in [5, 5.41) is 0. The molecule has 0 radical (unpaired) electrons. The molecule has 0 aliphatic heterocycles. The van der Waals surface area contributed by atoms with Crippen LogP contribution in [0, 0.1) is 0 Å². The van der Waals surface area contributed by atoms with Crippen LogP contribution in [0.2, 0.25) is 0 Å². The van der Waals surface area contributed by atoms with E-state index in [0.29, 0.717) is 8.64 Å². The number of hydrogen-bond acceptors (Lipinski definition) is 4. The van der Waals surface area contributed by atoms with Crippen molar-refractivity contribution in [3.63, 3.8) is 0 Å². The maximum atomic E-state index is 4.76. The Labute approximate surface area is 157 Å². The summed E-state index contributed by atoms with van der Waals surface area (Å²) in [7, 11) is 0. The van der Waals surface area contributed by atoms with Gasteiger partial charge >= 0.3 is 19.5 Å². The van der Waals surface area contributed by atoms with Gasteiger partial charge in [-0.3, -0.25) is 0 Å². The predicted octanol–water partition coefficient (Wildman–Crippen LogP) is -0.157. The Kier molecular flexibility index (Phi) is 46.0. The summed E-state index contributed by atoms with van der Waals surface area (Å²) in [4.78, 5) is 3.93. The first-order chi connectivity index (χ1) is 7.44. The normalized spacial score (nSPS) is 7.00. The van der Waals surface area contributed by atoms with E-state index in [0.717, 1.165) is 26.2 Å². The van der Waals surface area contributed by atoms with Crippen LogP contribution >= 0.6 is 24.4 Å². The zero-order valence-corrected chi connectivity index (χ0v) is 18.8. The van der Waals surface area contributed by atoms with E-state index in [4.69, 9.17) is 49.7 Å². The SMILES string of the molecule is CCN(CC)C(=S)[S-].CCN(CC)C(=S)[S-].O.O.O.[Zn+2]. The van der Waals surface area contributed by atoms with Crippen LogP contribution < -0.4 is 0 Å². The minimum atomic E-state index is 0. The molecular weight excluding hydrogens is 390 g/mol. The molecule has 20 heavy (non-hydrogen) atoms. The molecule has 10 heteroatoms. The fourth-order valence-corrected chi connectivity index (χ4v) is 2.00. The average Bonchev–Trinajstić information content (AvgIpc) is 2.21. The maximum Gasteiger partial charge on any atom is 2.00 e. The standard InChI is InChI=1S/2C5H11NS2.3H2O.Zn/c2*1-3-6(4-2)5(7)8;;;;/h2*3-4H2,1-2H3,(H,7,8);3*1H2;/q;;;;;+2/p-2. The van der Waals surface area contributed by atoms with Gasteiger partial charge < -0.3 is 75.9 Å². The van der Waals surface area contributed by atoms with Gasteiger partial charge in [-0.15, -0.1) is 0 Å². The van der Waals surface area contributed by atoms with E-state index >= 15 is 0 Å². The second-order valence-corrected chi connectivity index (χ2v) is 4.94. The van der Waals surface area contributed by atoms with Gasteiger partial charge in [0.1, 0.15) is 0 Å². The van der Waals surface area contributed by atoms with Crippen LogP contribution in [0.1, 0.15) is 27.7 Å². The fraction of sp³-hybridized carbons (Fsp3) is 0.800. The topological polar surface area (TPSA) is 101 Å². The molecule has 0 bridgehead atoms. The van der Waals surface area contributed by atoms with E-state index in [1.165, 1.54) is 0 Å². The first kappa shape index (κ1) is 37.2. The molecule has 5 nitrogen and oxygen atoms in total. The molecule has 0 rings (SSSR count). The summed E-state index contributed by atoms with van der Waals surface area (Å²) >= 11 is 19.0. The zero-order chi connectivity index (χ0) is 13.1. The van der Waals surface area contributed by atoms with E-state index in [2.05, 4.69) is 0 Å². The van der Waals surface area contributed by atoms with Gasteiger partial charge in [-0.25, -0.2) is 0 Å². The van der Waals surface area contributed by atoms with Gasteiger partial charge in [0.2, 0.25) is 0 Å². The first-order valence-electron chi connectivity index (χ1n) is 5.36. The monoisotopic (exact) mass is 414 g/mol. The predicted molar refractivity (Wildman–Crippen MR) is 96.6 cm³/mol. The van der Waals surface area contributed by atoms with Gasteiger partial charge in [0.25, 0.3) is 0 Å². The quantitative estimate of drug-likeness (QED) is 0.359. The third-order valence-electron chi connectivity index (χ3n) is 2.04. The third-order valence-corrected chi connectivity index (χ3v) is 3.08. The fourth-order valence-electron chi connectivity index (χ4n) is 0.964. The molecule has 120 valence electrons. The molecule has 0 aromatic rings. The summed E-state index contributed by atoms with van der Waals surface area (Å²) in [6, 6.07) is 0. The number of rotatable bonds is 4. The molecule has 0 amide bonds. The molecule has 0 heterocycles. The van der Waals surface area contributed by atoms with Crippen LogP contribution in [0.25, 0.3) is 0 Å². The molecule has 0 spiro atoms. The van der Waals surface area contributed by atoms with Gasteiger partial charge in [0.05, 0.1) is 0 Å².